The van der Waals surface area contributed by atoms with Gasteiger partial charge in [-0.25, -0.2) is 0 Å². The predicted octanol–water partition coefficient (Wildman–Crippen LogP) is 3.33. The Morgan fingerprint density at radius 3 is 2.35 bits per heavy atom. The molecule has 0 radical (unpaired) electrons. The van der Waals surface area contributed by atoms with Gasteiger partial charge in [0.1, 0.15) is 0 Å². The van der Waals surface area contributed by atoms with Gasteiger partial charge in [-0.1, -0.05) is 6.07 Å². The minimum absolute atomic E-state index is 0.120. The zero-order valence-corrected chi connectivity index (χ0v) is 12.4. The second kappa shape index (κ2) is 5.49. The van der Waals surface area contributed by atoms with Crippen molar-refractivity contribution >= 4 is 5.97 Å². The molecule has 20 heavy (non-hydrogen) atoms. The topological polar surface area (TPSA) is 66.0 Å². The van der Waals surface area contributed by atoms with Crippen LogP contribution in [0.4, 0.5) is 0 Å². The summed E-state index contributed by atoms with van der Waals surface area (Å²) >= 11 is 0. The number of carboxylic acid groups (broad SMARTS) is 1. The first kappa shape index (κ1) is 14.3. The molecule has 0 fully saturated rings. The van der Waals surface area contributed by atoms with Crippen molar-refractivity contribution in [3.8, 4) is 11.3 Å². The summed E-state index contributed by atoms with van der Waals surface area (Å²) in [5, 5.41) is 16.0. The molecule has 106 valence electrons. The van der Waals surface area contributed by atoms with E-state index >= 15 is 0 Å². The minimum atomic E-state index is -0.786. The van der Waals surface area contributed by atoms with Gasteiger partial charge in [0.2, 0.25) is 0 Å². The third kappa shape index (κ3) is 2.59. The van der Waals surface area contributed by atoms with Crippen LogP contribution in [0, 0.1) is 27.7 Å². The van der Waals surface area contributed by atoms with E-state index in [-0.39, 0.29) is 6.42 Å². The van der Waals surface area contributed by atoms with Crippen molar-refractivity contribution < 1.29 is 9.90 Å². The van der Waals surface area contributed by atoms with Gasteiger partial charge in [0.25, 0.3) is 0 Å². The average Bonchev–Trinajstić information content (AvgIpc) is 2.83. The molecular formula is C16H20N2O2. The van der Waals surface area contributed by atoms with Crippen molar-refractivity contribution in [2.45, 2.75) is 40.5 Å². The molecule has 0 unspecified atom stereocenters. The lowest BCUT2D eigenvalue weighted by molar-refractivity contribution is -0.136. The van der Waals surface area contributed by atoms with Crippen LogP contribution in [0.25, 0.3) is 11.3 Å². The molecule has 0 bridgehead atoms. The number of benzene rings is 1. The van der Waals surface area contributed by atoms with Crippen LogP contribution in [0.1, 0.15) is 34.2 Å². The molecule has 2 rings (SSSR count). The van der Waals surface area contributed by atoms with E-state index in [4.69, 9.17) is 5.11 Å². The smallest absolute Gasteiger partial charge is 0.303 e. The van der Waals surface area contributed by atoms with Crippen LogP contribution in [0.5, 0.6) is 0 Å². The molecule has 0 aliphatic heterocycles. The normalized spacial score (nSPS) is 10.8. The van der Waals surface area contributed by atoms with Gasteiger partial charge in [-0.3, -0.25) is 9.89 Å². The van der Waals surface area contributed by atoms with E-state index in [1.54, 1.807) is 6.20 Å². The van der Waals surface area contributed by atoms with Gasteiger partial charge >= 0.3 is 5.97 Å². The summed E-state index contributed by atoms with van der Waals surface area (Å²) in [6, 6.07) is 2.18. The van der Waals surface area contributed by atoms with Crippen LogP contribution < -0.4 is 0 Å². The molecule has 0 spiro atoms. The lowest BCUT2D eigenvalue weighted by Crippen LogP contribution is -2.00. The maximum Gasteiger partial charge on any atom is 0.303 e. The molecule has 1 aromatic heterocycles. The van der Waals surface area contributed by atoms with E-state index in [0.29, 0.717) is 6.42 Å². The van der Waals surface area contributed by atoms with Gasteiger partial charge in [-0.05, 0) is 61.9 Å². The number of hydrogen-bond acceptors (Lipinski definition) is 2. The quantitative estimate of drug-likeness (QED) is 0.897. The van der Waals surface area contributed by atoms with Crippen LogP contribution in [0.3, 0.4) is 0 Å². The fourth-order valence-corrected chi connectivity index (χ4v) is 2.55. The van der Waals surface area contributed by atoms with Gasteiger partial charge in [0.15, 0.2) is 0 Å². The number of H-pyrrole nitrogens is 1. The summed E-state index contributed by atoms with van der Waals surface area (Å²) < 4.78 is 0. The summed E-state index contributed by atoms with van der Waals surface area (Å²) in [6.07, 6.45) is 2.34. The highest BCUT2D eigenvalue weighted by Crippen LogP contribution is 2.32. The van der Waals surface area contributed by atoms with E-state index in [0.717, 1.165) is 16.8 Å². The van der Waals surface area contributed by atoms with Crippen molar-refractivity contribution in [3.63, 3.8) is 0 Å². The van der Waals surface area contributed by atoms with E-state index < -0.39 is 5.97 Å². The molecule has 0 aliphatic carbocycles. The van der Waals surface area contributed by atoms with E-state index in [1.807, 2.05) is 0 Å². The summed E-state index contributed by atoms with van der Waals surface area (Å²) in [4.78, 5) is 10.8. The molecule has 4 heteroatoms. The monoisotopic (exact) mass is 272 g/mol. The molecule has 0 amide bonds. The maximum absolute atomic E-state index is 10.8. The maximum atomic E-state index is 10.8. The predicted molar refractivity (Wildman–Crippen MR) is 78.9 cm³/mol. The Bertz CT molecular complexity index is 630. The Hall–Kier alpha value is -2.10. The van der Waals surface area contributed by atoms with Gasteiger partial charge < -0.3 is 5.11 Å². The third-order valence-corrected chi connectivity index (χ3v) is 3.94. The van der Waals surface area contributed by atoms with Crippen LogP contribution in [-0.2, 0) is 11.2 Å². The van der Waals surface area contributed by atoms with Crippen LogP contribution in [0.2, 0.25) is 0 Å². The number of hydrogen-bond donors (Lipinski definition) is 2. The molecule has 0 saturated carbocycles. The molecule has 4 nitrogen and oxygen atoms in total. The van der Waals surface area contributed by atoms with Gasteiger partial charge in [0.05, 0.1) is 11.9 Å². The highest BCUT2D eigenvalue weighted by atomic mass is 16.4. The number of nitrogens with zero attached hydrogens (tertiary/aromatic N) is 1. The molecule has 1 heterocycles. The first-order valence-electron chi connectivity index (χ1n) is 6.73. The van der Waals surface area contributed by atoms with Crippen molar-refractivity contribution in [1.29, 1.82) is 0 Å². The molecular weight excluding hydrogens is 252 g/mol. The number of aryl methyl sites for hydroxylation is 3. The largest absolute Gasteiger partial charge is 0.481 e. The summed E-state index contributed by atoms with van der Waals surface area (Å²) in [6.45, 7) is 8.38. The second-order valence-corrected chi connectivity index (χ2v) is 5.30. The van der Waals surface area contributed by atoms with Crippen LogP contribution >= 0.6 is 0 Å². The average molecular weight is 272 g/mol. The first-order chi connectivity index (χ1) is 9.41. The first-order valence-corrected chi connectivity index (χ1v) is 6.73. The Morgan fingerprint density at radius 1 is 1.20 bits per heavy atom. The van der Waals surface area contributed by atoms with Crippen molar-refractivity contribution in [2.24, 2.45) is 0 Å². The summed E-state index contributed by atoms with van der Waals surface area (Å²) in [5.41, 5.74) is 7.98. The standard InChI is InChI=1S/C16H20N2O2/c1-9-7-10(2)12(4)15(11(9)3)16-13(8-17-18-16)5-6-14(19)20/h7-8H,5-6H2,1-4H3,(H,17,18)(H,19,20). The Balaban J connectivity index is 2.52. The third-order valence-electron chi connectivity index (χ3n) is 3.94. The van der Waals surface area contributed by atoms with Crippen molar-refractivity contribution in [1.82, 2.24) is 10.2 Å². The highest BCUT2D eigenvalue weighted by molar-refractivity contribution is 5.74. The van der Waals surface area contributed by atoms with E-state index in [2.05, 4.69) is 44.0 Å². The number of carbonyl (C=O) groups is 1. The van der Waals surface area contributed by atoms with Gasteiger partial charge in [-0.15, -0.1) is 0 Å². The highest BCUT2D eigenvalue weighted by Gasteiger charge is 2.16. The van der Waals surface area contributed by atoms with E-state index in [9.17, 15) is 4.79 Å². The number of carboxylic acids is 1. The molecule has 2 aromatic rings. The lowest BCUT2D eigenvalue weighted by atomic mass is 9.90. The molecule has 0 atom stereocenters. The van der Waals surface area contributed by atoms with Gasteiger partial charge in [-0.2, -0.15) is 5.10 Å². The zero-order chi connectivity index (χ0) is 14.9. The Kier molecular flexibility index (Phi) is 3.93. The Morgan fingerprint density at radius 2 is 1.80 bits per heavy atom. The number of nitrogens with one attached hydrogen (secondary N) is 1. The van der Waals surface area contributed by atoms with E-state index in [1.165, 1.54) is 22.3 Å². The summed E-state index contributed by atoms with van der Waals surface area (Å²) in [7, 11) is 0. The lowest BCUT2D eigenvalue weighted by Gasteiger charge is -2.15. The fourth-order valence-electron chi connectivity index (χ4n) is 2.55. The molecule has 2 N–H and O–H groups in total. The fraction of sp³-hybridized carbons (Fsp3) is 0.375. The van der Waals surface area contributed by atoms with Crippen molar-refractivity contribution in [2.75, 3.05) is 0 Å². The SMILES string of the molecule is Cc1cc(C)c(C)c(-c2[nH]ncc2CCC(=O)O)c1C. The van der Waals surface area contributed by atoms with Crippen molar-refractivity contribution in [3.05, 3.63) is 40.1 Å². The summed E-state index contributed by atoms with van der Waals surface area (Å²) in [5.74, 6) is -0.786. The number of aromatic nitrogens is 2. The molecule has 0 saturated heterocycles. The second-order valence-electron chi connectivity index (χ2n) is 5.30. The number of rotatable bonds is 4. The molecule has 1 aromatic carbocycles. The minimum Gasteiger partial charge on any atom is -0.481 e. The Labute approximate surface area is 118 Å². The number of aliphatic carboxylic acids is 1. The molecule has 0 aliphatic rings. The number of aromatic amines is 1. The van der Waals surface area contributed by atoms with Gasteiger partial charge in [0, 0.05) is 12.0 Å². The van der Waals surface area contributed by atoms with Crippen LogP contribution in [-0.4, -0.2) is 21.3 Å². The zero-order valence-electron chi connectivity index (χ0n) is 12.4. The van der Waals surface area contributed by atoms with Crippen LogP contribution in [0.15, 0.2) is 12.3 Å².